The van der Waals surface area contributed by atoms with Gasteiger partial charge >= 0.3 is 12.1 Å². The third-order valence-corrected chi connectivity index (χ3v) is 5.64. The Morgan fingerprint density at radius 1 is 1.10 bits per heavy atom. The Morgan fingerprint density at radius 2 is 1.83 bits per heavy atom. The largest absolute Gasteiger partial charge is 0.452 e. The number of carbonyl (C=O) groups is 4. The monoisotopic (exact) mass is 421 g/mol. The van der Waals surface area contributed by atoms with Crippen LogP contribution in [-0.4, -0.2) is 78.8 Å². The number of carbonyl (C=O) groups excluding carboxylic acids is 4. The summed E-state index contributed by atoms with van der Waals surface area (Å²) in [5.74, 6) is -0.366. The van der Waals surface area contributed by atoms with Crippen LogP contribution in [0.2, 0.25) is 0 Å². The second-order valence-corrected chi connectivity index (χ2v) is 7.64. The molecule has 1 aromatic carbocycles. The van der Waals surface area contributed by atoms with Gasteiger partial charge in [0.15, 0.2) is 6.61 Å². The van der Waals surface area contributed by atoms with Crippen LogP contribution in [0.3, 0.4) is 0 Å². The highest BCUT2D eigenvalue weighted by Crippen LogP contribution is 2.31. The Morgan fingerprint density at radius 3 is 2.55 bits per heavy atom. The number of benzene rings is 1. The highest BCUT2D eigenvalue weighted by molar-refractivity contribution is 7.99. The highest BCUT2D eigenvalue weighted by Gasteiger charge is 2.25. The number of nitrogens with zero attached hydrogens (tertiary/aromatic N) is 2. The number of hydrogen-bond acceptors (Lipinski definition) is 7. The number of fused-ring (bicyclic) bond motifs is 1. The van der Waals surface area contributed by atoms with E-state index >= 15 is 0 Å². The summed E-state index contributed by atoms with van der Waals surface area (Å²) in [7, 11) is 0. The van der Waals surface area contributed by atoms with Crippen molar-refractivity contribution in [2.24, 2.45) is 0 Å². The zero-order chi connectivity index (χ0) is 20.8. The molecule has 0 radical (unpaired) electrons. The lowest BCUT2D eigenvalue weighted by Gasteiger charge is -2.33. The number of hydrogen-bond donors (Lipinski definition) is 1. The minimum Gasteiger partial charge on any atom is -0.452 e. The number of esters is 1. The Balaban J connectivity index is 1.50. The lowest BCUT2D eigenvalue weighted by molar-refractivity contribution is -0.136. The van der Waals surface area contributed by atoms with Crippen LogP contribution in [0.25, 0.3) is 0 Å². The summed E-state index contributed by atoms with van der Waals surface area (Å²) in [5.41, 5.74) is 0.847. The van der Waals surface area contributed by atoms with Gasteiger partial charge in [-0.3, -0.25) is 9.59 Å². The average Bonchev–Trinajstić information content (AvgIpc) is 2.91. The van der Waals surface area contributed by atoms with Gasteiger partial charge in [-0.25, -0.2) is 9.59 Å². The molecule has 2 aliphatic heterocycles. The molecule has 2 heterocycles. The number of nitrogens with one attached hydrogen (secondary N) is 1. The Labute approximate surface area is 172 Å². The topological polar surface area (TPSA) is 105 Å². The molecule has 156 valence electrons. The van der Waals surface area contributed by atoms with Crippen molar-refractivity contribution in [3.05, 3.63) is 23.8 Å². The molecule has 1 fully saturated rings. The summed E-state index contributed by atoms with van der Waals surface area (Å²) in [6, 6.07) is 4.95. The van der Waals surface area contributed by atoms with Crippen molar-refractivity contribution in [3.8, 4) is 0 Å². The van der Waals surface area contributed by atoms with Crippen LogP contribution in [-0.2, 0) is 19.1 Å². The predicted octanol–water partition coefficient (Wildman–Crippen LogP) is 1.58. The number of rotatable bonds is 4. The van der Waals surface area contributed by atoms with Crippen molar-refractivity contribution in [2.75, 3.05) is 50.5 Å². The molecule has 1 aromatic rings. The second kappa shape index (κ2) is 9.64. The maximum Gasteiger partial charge on any atom is 0.409 e. The summed E-state index contributed by atoms with van der Waals surface area (Å²) in [6.07, 6.45) is 0.0244. The lowest BCUT2D eigenvalue weighted by atomic mass is 10.2. The molecule has 1 N–H and O–H groups in total. The fourth-order valence-corrected chi connectivity index (χ4v) is 3.94. The molecule has 10 heteroatoms. The highest BCUT2D eigenvalue weighted by atomic mass is 32.2. The molecular formula is C19H23N3O6S. The van der Waals surface area contributed by atoms with Crippen molar-refractivity contribution < 1.29 is 28.7 Å². The molecule has 1 saturated heterocycles. The number of anilines is 1. The van der Waals surface area contributed by atoms with Crippen molar-refractivity contribution >= 4 is 41.3 Å². The Hall–Kier alpha value is -2.75. The Bertz CT molecular complexity index is 807. The molecule has 3 amide bonds. The van der Waals surface area contributed by atoms with Crippen LogP contribution in [0, 0.1) is 0 Å². The van der Waals surface area contributed by atoms with Gasteiger partial charge in [0.25, 0.3) is 5.91 Å². The first-order valence-corrected chi connectivity index (χ1v) is 10.4. The second-order valence-electron chi connectivity index (χ2n) is 6.50. The van der Waals surface area contributed by atoms with E-state index in [1.807, 2.05) is 0 Å². The summed E-state index contributed by atoms with van der Waals surface area (Å²) < 4.78 is 10.1. The van der Waals surface area contributed by atoms with Crippen molar-refractivity contribution in [2.45, 2.75) is 18.2 Å². The smallest absolute Gasteiger partial charge is 0.409 e. The van der Waals surface area contributed by atoms with Crippen LogP contribution in [0.15, 0.2) is 23.1 Å². The van der Waals surface area contributed by atoms with Gasteiger partial charge in [-0.2, -0.15) is 0 Å². The molecule has 0 atom stereocenters. The van der Waals surface area contributed by atoms with E-state index < -0.39 is 5.97 Å². The molecule has 0 saturated carbocycles. The molecule has 0 aliphatic carbocycles. The third-order valence-electron chi connectivity index (χ3n) is 4.56. The number of ether oxygens (including phenoxy) is 2. The summed E-state index contributed by atoms with van der Waals surface area (Å²) in [6.45, 7) is 3.13. The van der Waals surface area contributed by atoms with E-state index in [1.54, 1.807) is 46.7 Å². The fraction of sp³-hybridized carbons (Fsp3) is 0.474. The SMILES string of the molecule is CCOC(=O)N1CCN(C(=O)COC(=O)c2ccc3c(c2)NC(=O)CCS3)CC1. The maximum atomic E-state index is 12.3. The molecule has 3 rings (SSSR count). The fourth-order valence-electron chi connectivity index (χ4n) is 3.00. The van der Waals surface area contributed by atoms with Gasteiger partial charge < -0.3 is 24.6 Å². The van der Waals surface area contributed by atoms with E-state index in [2.05, 4.69) is 5.32 Å². The molecule has 9 nitrogen and oxygen atoms in total. The number of amides is 3. The van der Waals surface area contributed by atoms with Gasteiger partial charge in [0.1, 0.15) is 0 Å². The number of thioether (sulfide) groups is 1. The van der Waals surface area contributed by atoms with Crippen molar-refractivity contribution in [1.29, 1.82) is 0 Å². The van der Waals surface area contributed by atoms with Gasteiger partial charge in [0.05, 0.1) is 17.9 Å². The normalized spacial score (nSPS) is 16.4. The standard InChI is InChI=1S/C19H23N3O6S/c1-2-27-19(26)22-8-6-21(7-9-22)17(24)12-28-18(25)13-3-4-15-14(11-13)20-16(23)5-10-29-15/h3-4,11H,2,5-10,12H2,1H3,(H,20,23). The van der Waals surface area contributed by atoms with E-state index in [0.29, 0.717) is 50.6 Å². The molecule has 2 aliphatic rings. The zero-order valence-corrected chi connectivity index (χ0v) is 17.0. The third kappa shape index (κ3) is 5.41. The van der Waals surface area contributed by atoms with Gasteiger partial charge in [0, 0.05) is 43.2 Å². The summed E-state index contributed by atoms with van der Waals surface area (Å²) >= 11 is 1.54. The first-order chi connectivity index (χ1) is 14.0. The van der Waals surface area contributed by atoms with Crippen LogP contribution >= 0.6 is 11.8 Å². The van der Waals surface area contributed by atoms with Gasteiger partial charge in [0.2, 0.25) is 5.91 Å². The molecule has 0 aromatic heterocycles. The first-order valence-electron chi connectivity index (χ1n) is 9.41. The van der Waals surface area contributed by atoms with Crippen molar-refractivity contribution in [3.63, 3.8) is 0 Å². The minimum atomic E-state index is -0.630. The van der Waals surface area contributed by atoms with Crippen LogP contribution in [0.5, 0.6) is 0 Å². The Kier molecular flexibility index (Phi) is 6.97. The van der Waals surface area contributed by atoms with Crippen LogP contribution in [0.1, 0.15) is 23.7 Å². The van der Waals surface area contributed by atoms with Gasteiger partial charge in [-0.15, -0.1) is 11.8 Å². The van der Waals surface area contributed by atoms with Crippen LogP contribution < -0.4 is 5.32 Å². The first kappa shape index (κ1) is 21.0. The predicted molar refractivity (Wildman–Crippen MR) is 106 cm³/mol. The summed E-state index contributed by atoms with van der Waals surface area (Å²) in [4.78, 5) is 52.0. The van der Waals surface area contributed by atoms with Gasteiger partial charge in [-0.1, -0.05) is 0 Å². The summed E-state index contributed by atoms with van der Waals surface area (Å²) in [5, 5.41) is 2.77. The van der Waals surface area contributed by atoms with E-state index in [9.17, 15) is 19.2 Å². The lowest BCUT2D eigenvalue weighted by Crippen LogP contribution is -2.51. The minimum absolute atomic E-state index is 0.0982. The average molecular weight is 421 g/mol. The zero-order valence-electron chi connectivity index (χ0n) is 16.1. The molecule has 0 bridgehead atoms. The van der Waals surface area contributed by atoms with E-state index in [4.69, 9.17) is 9.47 Å². The van der Waals surface area contributed by atoms with E-state index in [-0.39, 0.29) is 30.1 Å². The maximum absolute atomic E-state index is 12.3. The molecular weight excluding hydrogens is 398 g/mol. The van der Waals surface area contributed by atoms with Crippen LogP contribution in [0.4, 0.5) is 10.5 Å². The van der Waals surface area contributed by atoms with E-state index in [0.717, 1.165) is 4.90 Å². The number of piperazine rings is 1. The van der Waals surface area contributed by atoms with Crippen molar-refractivity contribution in [1.82, 2.24) is 9.80 Å². The quantitative estimate of drug-likeness (QED) is 0.736. The molecule has 0 unspecified atom stereocenters. The molecule has 29 heavy (non-hydrogen) atoms. The molecule has 0 spiro atoms. The van der Waals surface area contributed by atoms with Gasteiger partial charge in [-0.05, 0) is 25.1 Å². The van der Waals surface area contributed by atoms with E-state index in [1.165, 1.54) is 0 Å².